The maximum Gasteiger partial charge on any atom is 0.243 e. The molecule has 0 radical (unpaired) electrons. The molecule has 0 saturated carbocycles. The second-order valence-corrected chi connectivity index (χ2v) is 6.75. The first-order valence-corrected chi connectivity index (χ1v) is 8.29. The number of unbranched alkanes of at least 4 members (excludes halogenated alkanes) is 1. The van der Waals surface area contributed by atoms with Crippen molar-refractivity contribution in [2.45, 2.75) is 24.7 Å². The van der Waals surface area contributed by atoms with E-state index < -0.39 is 10.0 Å². The smallest absolute Gasteiger partial charge is 0.243 e. The Morgan fingerprint density at radius 2 is 2.10 bits per heavy atom. The van der Waals surface area contributed by atoms with Crippen LogP contribution >= 0.6 is 12.2 Å². The fourth-order valence-corrected chi connectivity index (χ4v) is 3.40. The van der Waals surface area contributed by atoms with Gasteiger partial charge < -0.3 is 10.8 Å². The standard InChI is InChI=1S/C13H20N2O3S2/c1-2-3-7-15(8-9-16)20(17,18)12-6-4-5-11(10-12)13(14)19/h4-6,10,16H,2-3,7-9H2,1H3,(H2,14,19). The van der Waals surface area contributed by atoms with E-state index in [0.717, 1.165) is 12.8 Å². The van der Waals surface area contributed by atoms with E-state index in [9.17, 15) is 8.42 Å². The molecular weight excluding hydrogens is 296 g/mol. The summed E-state index contributed by atoms with van der Waals surface area (Å²) in [6.07, 6.45) is 1.62. The lowest BCUT2D eigenvalue weighted by Gasteiger charge is -2.21. The molecule has 0 heterocycles. The zero-order valence-electron chi connectivity index (χ0n) is 11.4. The highest BCUT2D eigenvalue weighted by atomic mass is 32.2. The summed E-state index contributed by atoms with van der Waals surface area (Å²) in [5.41, 5.74) is 6.04. The minimum absolute atomic E-state index is 0.0830. The number of benzene rings is 1. The Hall–Kier alpha value is -1.02. The molecule has 0 bridgehead atoms. The van der Waals surface area contributed by atoms with Gasteiger partial charge in [-0.15, -0.1) is 0 Å². The quantitative estimate of drug-likeness (QED) is 0.702. The predicted octanol–water partition coefficient (Wildman–Crippen LogP) is 1.10. The van der Waals surface area contributed by atoms with Crippen molar-refractivity contribution < 1.29 is 13.5 Å². The van der Waals surface area contributed by atoms with Crippen molar-refractivity contribution in [1.82, 2.24) is 4.31 Å². The van der Waals surface area contributed by atoms with E-state index in [-0.39, 0.29) is 23.0 Å². The second-order valence-electron chi connectivity index (χ2n) is 4.37. The van der Waals surface area contributed by atoms with E-state index in [2.05, 4.69) is 0 Å². The molecule has 0 aliphatic carbocycles. The number of hydrogen-bond acceptors (Lipinski definition) is 4. The van der Waals surface area contributed by atoms with E-state index in [1.807, 2.05) is 6.92 Å². The van der Waals surface area contributed by atoms with Crippen molar-refractivity contribution in [1.29, 1.82) is 0 Å². The topological polar surface area (TPSA) is 83.6 Å². The molecule has 1 aromatic rings. The predicted molar refractivity (Wildman–Crippen MR) is 83.1 cm³/mol. The number of hydrogen-bond donors (Lipinski definition) is 2. The molecular formula is C13H20N2O3S2. The maximum atomic E-state index is 12.5. The normalized spacial score (nSPS) is 11.8. The van der Waals surface area contributed by atoms with Crippen LogP contribution in [0.5, 0.6) is 0 Å². The molecule has 1 aromatic carbocycles. The Morgan fingerprint density at radius 3 is 2.65 bits per heavy atom. The molecule has 0 saturated heterocycles. The van der Waals surface area contributed by atoms with Gasteiger partial charge in [-0.05, 0) is 18.6 Å². The Morgan fingerprint density at radius 1 is 1.40 bits per heavy atom. The van der Waals surface area contributed by atoms with E-state index in [1.54, 1.807) is 12.1 Å². The van der Waals surface area contributed by atoms with E-state index in [4.69, 9.17) is 23.1 Å². The third kappa shape index (κ3) is 4.24. The average molecular weight is 316 g/mol. The Kier molecular flexibility index (Phi) is 6.54. The summed E-state index contributed by atoms with van der Waals surface area (Å²) in [6, 6.07) is 6.25. The first kappa shape index (κ1) is 17.0. The van der Waals surface area contributed by atoms with E-state index in [0.29, 0.717) is 12.1 Å². The summed E-state index contributed by atoms with van der Waals surface area (Å²) in [7, 11) is -3.63. The Bertz CT molecular complexity index is 558. The van der Waals surface area contributed by atoms with Gasteiger partial charge in [0.1, 0.15) is 4.99 Å². The summed E-state index contributed by atoms with van der Waals surface area (Å²) in [5, 5.41) is 9.04. The van der Waals surface area contributed by atoms with Crippen LogP contribution in [0.3, 0.4) is 0 Å². The molecule has 3 N–H and O–H groups in total. The van der Waals surface area contributed by atoms with Gasteiger partial charge in [-0.3, -0.25) is 0 Å². The van der Waals surface area contributed by atoms with Crippen molar-refractivity contribution in [3.63, 3.8) is 0 Å². The monoisotopic (exact) mass is 316 g/mol. The average Bonchev–Trinajstić information content (AvgIpc) is 2.43. The lowest BCUT2D eigenvalue weighted by atomic mass is 10.2. The third-order valence-electron chi connectivity index (χ3n) is 2.87. The van der Waals surface area contributed by atoms with Crippen molar-refractivity contribution in [3.8, 4) is 0 Å². The lowest BCUT2D eigenvalue weighted by Crippen LogP contribution is -2.34. The molecule has 5 nitrogen and oxygen atoms in total. The molecule has 0 fully saturated rings. The maximum absolute atomic E-state index is 12.5. The van der Waals surface area contributed by atoms with Gasteiger partial charge in [-0.2, -0.15) is 4.31 Å². The summed E-state index contributed by atoms with van der Waals surface area (Å²) in [4.78, 5) is 0.302. The minimum atomic E-state index is -3.63. The van der Waals surface area contributed by atoms with Crippen LogP contribution in [0.4, 0.5) is 0 Å². The van der Waals surface area contributed by atoms with Gasteiger partial charge >= 0.3 is 0 Å². The number of nitrogens with two attached hydrogens (primary N) is 1. The second kappa shape index (κ2) is 7.68. The van der Waals surface area contributed by atoms with Crippen LogP contribution in [0.15, 0.2) is 29.2 Å². The van der Waals surface area contributed by atoms with Crippen molar-refractivity contribution in [2.24, 2.45) is 5.73 Å². The molecule has 1 rings (SSSR count). The molecule has 0 unspecified atom stereocenters. The van der Waals surface area contributed by atoms with Crippen LogP contribution in [0, 0.1) is 0 Å². The number of nitrogens with zero attached hydrogens (tertiary/aromatic N) is 1. The summed E-state index contributed by atoms with van der Waals surface area (Å²) in [6.45, 7) is 2.24. The largest absolute Gasteiger partial charge is 0.395 e. The highest BCUT2D eigenvalue weighted by Gasteiger charge is 2.23. The molecule has 7 heteroatoms. The molecule has 0 amide bonds. The number of rotatable bonds is 8. The van der Waals surface area contributed by atoms with Gasteiger partial charge in [0.15, 0.2) is 0 Å². The number of sulfonamides is 1. The molecule has 0 aliphatic heterocycles. The fraction of sp³-hybridized carbons (Fsp3) is 0.462. The summed E-state index contributed by atoms with van der Waals surface area (Å²) < 4.78 is 26.4. The number of aliphatic hydroxyl groups is 1. The third-order valence-corrected chi connectivity index (χ3v) is 5.00. The summed E-state index contributed by atoms with van der Waals surface area (Å²) in [5.74, 6) is 0. The van der Waals surface area contributed by atoms with Crippen molar-refractivity contribution in [2.75, 3.05) is 19.7 Å². The highest BCUT2D eigenvalue weighted by molar-refractivity contribution is 7.89. The van der Waals surface area contributed by atoms with E-state index >= 15 is 0 Å². The van der Waals surface area contributed by atoms with Crippen LogP contribution in [0.2, 0.25) is 0 Å². The van der Waals surface area contributed by atoms with Crippen LogP contribution < -0.4 is 5.73 Å². The molecule has 112 valence electrons. The first-order valence-electron chi connectivity index (χ1n) is 6.44. The van der Waals surface area contributed by atoms with Gasteiger partial charge in [0, 0.05) is 18.7 Å². The zero-order chi connectivity index (χ0) is 15.2. The van der Waals surface area contributed by atoms with Gasteiger partial charge in [-0.1, -0.05) is 37.7 Å². The van der Waals surface area contributed by atoms with Gasteiger partial charge in [0.2, 0.25) is 10.0 Å². The number of thiocarbonyl (C=S) groups is 1. The molecule has 0 spiro atoms. The van der Waals surface area contributed by atoms with Crippen LogP contribution in [-0.2, 0) is 10.0 Å². The lowest BCUT2D eigenvalue weighted by molar-refractivity contribution is 0.252. The molecule has 20 heavy (non-hydrogen) atoms. The Labute approximate surface area is 125 Å². The van der Waals surface area contributed by atoms with Crippen LogP contribution in [-0.4, -0.2) is 42.5 Å². The summed E-state index contributed by atoms with van der Waals surface area (Å²) >= 11 is 4.86. The van der Waals surface area contributed by atoms with Gasteiger partial charge in [0.05, 0.1) is 11.5 Å². The van der Waals surface area contributed by atoms with Crippen LogP contribution in [0.1, 0.15) is 25.3 Å². The highest BCUT2D eigenvalue weighted by Crippen LogP contribution is 2.17. The van der Waals surface area contributed by atoms with Gasteiger partial charge in [-0.25, -0.2) is 8.42 Å². The van der Waals surface area contributed by atoms with Gasteiger partial charge in [0.25, 0.3) is 0 Å². The van der Waals surface area contributed by atoms with Crippen LogP contribution in [0.25, 0.3) is 0 Å². The Balaban J connectivity index is 3.11. The van der Waals surface area contributed by atoms with Crippen molar-refractivity contribution >= 4 is 27.2 Å². The van der Waals surface area contributed by atoms with Crippen molar-refractivity contribution in [3.05, 3.63) is 29.8 Å². The number of aliphatic hydroxyl groups excluding tert-OH is 1. The zero-order valence-corrected chi connectivity index (χ0v) is 13.1. The van der Waals surface area contributed by atoms with E-state index in [1.165, 1.54) is 16.4 Å². The first-order chi connectivity index (χ1) is 9.43. The molecule has 0 aliphatic rings. The minimum Gasteiger partial charge on any atom is -0.395 e. The molecule has 0 atom stereocenters. The molecule has 0 aromatic heterocycles. The SMILES string of the molecule is CCCCN(CCO)S(=O)(=O)c1cccc(C(N)=S)c1. The fourth-order valence-electron chi connectivity index (χ4n) is 1.76.